The van der Waals surface area contributed by atoms with Crippen molar-refractivity contribution in [3.05, 3.63) is 0 Å². The summed E-state index contributed by atoms with van der Waals surface area (Å²) in [4.78, 5) is 0. The molecular weight excluding hydrogens is 216 g/mol. The van der Waals surface area contributed by atoms with E-state index in [0.717, 1.165) is 0 Å². The summed E-state index contributed by atoms with van der Waals surface area (Å²) < 4.78 is 45.9. The fraction of sp³-hybridized carbons (Fsp3) is 1.00. The highest BCUT2D eigenvalue weighted by Crippen LogP contribution is 2.00. The van der Waals surface area contributed by atoms with Crippen LogP contribution < -0.4 is 0 Å². The zero-order valence-corrected chi connectivity index (χ0v) is 6.95. The minimum absolute atomic E-state index is 2.28. The zero-order chi connectivity index (χ0) is 9.72. The van der Waals surface area contributed by atoms with Crippen LogP contribution in [0.2, 0.25) is 0 Å². The molecule has 12 heavy (non-hydrogen) atoms. The third-order valence-electron chi connectivity index (χ3n) is 0.598. The number of hydrogen-bond acceptors (Lipinski definition) is 8. The lowest BCUT2D eigenvalue weighted by Gasteiger charge is -2.18. The van der Waals surface area contributed by atoms with Crippen LogP contribution in [0, 0.1) is 0 Å². The van der Waals surface area contributed by atoms with Gasteiger partial charge in [0.15, 0.2) is 0 Å². The van der Waals surface area contributed by atoms with Crippen LogP contribution in [0.4, 0.5) is 0 Å². The average molecular weight is 220 g/mol. The second-order valence-electron chi connectivity index (χ2n) is 1.38. The first kappa shape index (κ1) is 12.1. The van der Waals surface area contributed by atoms with E-state index in [2.05, 4.69) is 8.37 Å². The van der Waals surface area contributed by atoms with Gasteiger partial charge in [-0.25, -0.2) is 8.42 Å². The highest BCUT2D eigenvalue weighted by molar-refractivity contribution is 7.74. The summed E-state index contributed by atoms with van der Waals surface area (Å²) >= 11 is -6.14. The Labute approximate surface area is 72.1 Å². The van der Waals surface area contributed by atoms with Crippen molar-refractivity contribution in [1.82, 2.24) is 0 Å². The van der Waals surface area contributed by atoms with Crippen molar-refractivity contribution in [1.29, 1.82) is 0 Å². The largest absolute Gasteiger partial charge is 0.750 e. The number of aliphatic hydroxyl groups excluding tert-OH is 2. The summed E-state index contributed by atoms with van der Waals surface area (Å²) in [5.74, 6) is 0. The van der Waals surface area contributed by atoms with Crippen molar-refractivity contribution in [2.75, 3.05) is 0 Å². The first-order valence-corrected chi connectivity index (χ1v) is 4.32. The monoisotopic (exact) mass is 220 g/mol. The Morgan fingerprint density at radius 1 is 1.00 bits per heavy atom. The average Bonchev–Trinajstić information content (AvgIpc) is 1.84. The molecule has 0 heterocycles. The molecule has 0 radical (unpaired) electrons. The van der Waals surface area contributed by atoms with Crippen molar-refractivity contribution < 1.29 is 36.1 Å². The van der Waals surface area contributed by atoms with Gasteiger partial charge in [0.25, 0.3) is 0 Å². The van der Waals surface area contributed by atoms with Crippen LogP contribution in [0.1, 0.15) is 0 Å². The highest BCUT2D eigenvalue weighted by Gasteiger charge is 2.18. The molecule has 0 aliphatic heterocycles. The van der Waals surface area contributed by atoms with E-state index in [-0.39, 0.29) is 0 Å². The minimum Gasteiger partial charge on any atom is -0.750 e. The second-order valence-corrected chi connectivity index (χ2v) is 2.58. The maximum absolute atomic E-state index is 9.70. The van der Waals surface area contributed by atoms with Crippen LogP contribution in [0.3, 0.4) is 0 Å². The summed E-state index contributed by atoms with van der Waals surface area (Å²) in [6.07, 6.45) is -4.55. The van der Waals surface area contributed by atoms with Crippen LogP contribution in [-0.2, 0) is 31.1 Å². The first-order valence-electron chi connectivity index (χ1n) is 2.32. The van der Waals surface area contributed by atoms with E-state index < -0.39 is 35.3 Å². The van der Waals surface area contributed by atoms with Gasteiger partial charge in [-0.3, -0.25) is 8.37 Å². The SMILES string of the molecule is O=S([O-])OC(O)C(O)OS(=O)[O-]. The molecule has 2 N–H and O–H groups in total. The van der Waals surface area contributed by atoms with E-state index in [4.69, 9.17) is 10.2 Å². The van der Waals surface area contributed by atoms with E-state index in [1.54, 1.807) is 0 Å². The predicted octanol–water partition coefficient (Wildman–Crippen LogP) is -2.76. The van der Waals surface area contributed by atoms with E-state index in [1.165, 1.54) is 0 Å². The molecule has 4 atom stereocenters. The lowest BCUT2D eigenvalue weighted by molar-refractivity contribution is -0.178. The Morgan fingerprint density at radius 2 is 1.25 bits per heavy atom. The Balaban J connectivity index is 3.83. The molecule has 0 saturated heterocycles. The molecule has 0 aliphatic carbocycles. The van der Waals surface area contributed by atoms with Gasteiger partial charge in [-0.05, 0) is 0 Å². The molecule has 8 nitrogen and oxygen atoms in total. The highest BCUT2D eigenvalue weighted by atomic mass is 32.2. The molecule has 0 aromatic rings. The van der Waals surface area contributed by atoms with E-state index in [1.807, 2.05) is 0 Å². The lowest BCUT2D eigenvalue weighted by Crippen LogP contribution is -2.32. The number of rotatable bonds is 5. The molecule has 0 aromatic carbocycles. The van der Waals surface area contributed by atoms with Gasteiger partial charge >= 0.3 is 0 Å². The predicted molar refractivity (Wildman–Crippen MR) is 32.0 cm³/mol. The summed E-state index contributed by atoms with van der Waals surface area (Å²) in [6.45, 7) is 0. The Bertz CT molecular complexity index is 160. The van der Waals surface area contributed by atoms with Crippen molar-refractivity contribution >= 4 is 22.7 Å². The topological polar surface area (TPSA) is 139 Å². The van der Waals surface area contributed by atoms with E-state index >= 15 is 0 Å². The quantitative estimate of drug-likeness (QED) is 0.375. The molecule has 0 saturated carbocycles. The first-order chi connectivity index (χ1) is 5.43. The van der Waals surface area contributed by atoms with Crippen LogP contribution in [0.25, 0.3) is 0 Å². The lowest BCUT2D eigenvalue weighted by atomic mass is 10.6. The summed E-state index contributed by atoms with van der Waals surface area (Å²) in [7, 11) is 0. The van der Waals surface area contributed by atoms with Gasteiger partial charge in [-0.15, -0.1) is 0 Å². The Hall–Kier alpha value is 0.0600. The maximum atomic E-state index is 9.70. The molecule has 0 amide bonds. The second kappa shape index (κ2) is 5.66. The summed E-state index contributed by atoms with van der Waals surface area (Å²) in [5.41, 5.74) is 0. The molecule has 0 bridgehead atoms. The third-order valence-corrected chi connectivity index (χ3v) is 1.31. The molecule has 0 rings (SSSR count). The van der Waals surface area contributed by atoms with Gasteiger partial charge < -0.3 is 19.3 Å². The zero-order valence-electron chi connectivity index (χ0n) is 5.32. The summed E-state index contributed by atoms with van der Waals surface area (Å²) in [5, 5.41) is 16.9. The molecule has 0 fully saturated rings. The molecule has 4 unspecified atom stereocenters. The number of hydrogen-bond donors (Lipinski definition) is 2. The third kappa shape index (κ3) is 5.68. The molecular formula is C2H4O8S2-2. The molecule has 0 spiro atoms. The van der Waals surface area contributed by atoms with Crippen molar-refractivity contribution in [2.24, 2.45) is 0 Å². The van der Waals surface area contributed by atoms with Crippen molar-refractivity contribution in [2.45, 2.75) is 12.6 Å². The Morgan fingerprint density at radius 3 is 1.42 bits per heavy atom. The molecule has 74 valence electrons. The fourth-order valence-electron chi connectivity index (χ4n) is 0.256. The maximum Gasteiger partial charge on any atom is 0.221 e. The van der Waals surface area contributed by atoms with Crippen LogP contribution in [-0.4, -0.2) is 40.3 Å². The van der Waals surface area contributed by atoms with E-state index in [9.17, 15) is 17.5 Å². The summed E-state index contributed by atoms with van der Waals surface area (Å²) in [6, 6.07) is 0. The van der Waals surface area contributed by atoms with Gasteiger partial charge in [0, 0.05) is 0 Å². The molecule has 0 aromatic heterocycles. The van der Waals surface area contributed by atoms with Gasteiger partial charge in [0.05, 0.1) is 22.7 Å². The van der Waals surface area contributed by atoms with Crippen molar-refractivity contribution in [3.63, 3.8) is 0 Å². The van der Waals surface area contributed by atoms with Gasteiger partial charge in [0.1, 0.15) is 0 Å². The van der Waals surface area contributed by atoms with Gasteiger partial charge in [-0.1, -0.05) is 0 Å². The molecule has 10 heteroatoms. The van der Waals surface area contributed by atoms with Crippen molar-refractivity contribution in [3.8, 4) is 0 Å². The Kier molecular flexibility index (Phi) is 5.69. The van der Waals surface area contributed by atoms with Crippen LogP contribution >= 0.6 is 0 Å². The standard InChI is InChI=1S/C2H6O8S2/c3-1(9-11(5)6)2(4)10-12(7)8/h1-4H,(H,5,6)(H,7,8)/p-2. The minimum atomic E-state index is -3.07. The van der Waals surface area contributed by atoms with Gasteiger partial charge in [-0.2, -0.15) is 0 Å². The fourth-order valence-corrected chi connectivity index (χ4v) is 0.768. The smallest absolute Gasteiger partial charge is 0.221 e. The van der Waals surface area contributed by atoms with Crippen LogP contribution in [0.5, 0.6) is 0 Å². The van der Waals surface area contributed by atoms with E-state index in [0.29, 0.717) is 0 Å². The van der Waals surface area contributed by atoms with Gasteiger partial charge in [0.2, 0.25) is 12.6 Å². The normalized spacial score (nSPS) is 21.3. The van der Waals surface area contributed by atoms with Crippen LogP contribution in [0.15, 0.2) is 0 Å². The molecule has 0 aliphatic rings. The number of aliphatic hydroxyl groups is 2.